The summed E-state index contributed by atoms with van der Waals surface area (Å²) >= 11 is 5.87. The van der Waals surface area contributed by atoms with Gasteiger partial charge in [-0.3, -0.25) is 0 Å². The molecule has 1 nitrogen and oxygen atoms in total. The molecule has 0 unspecified atom stereocenters. The molecule has 0 bridgehead atoms. The lowest BCUT2D eigenvalue weighted by atomic mass is 9.84. The highest BCUT2D eigenvalue weighted by molar-refractivity contribution is 8.00. The molecular weight excluding hydrogens is 247 g/mol. The molecule has 0 atom stereocenters. The molecule has 1 rings (SSSR count). The number of hydrogen-bond donors (Lipinski definition) is 0. The summed E-state index contributed by atoms with van der Waals surface area (Å²) in [7, 11) is 1.86. The Morgan fingerprint density at radius 3 is 2.47 bits per heavy atom. The summed E-state index contributed by atoms with van der Waals surface area (Å²) in [6.07, 6.45) is 2.00. The van der Waals surface area contributed by atoms with Crippen molar-refractivity contribution in [3.8, 4) is 0 Å². The van der Waals surface area contributed by atoms with Crippen LogP contribution in [0, 0.1) is 5.92 Å². The van der Waals surface area contributed by atoms with Crippen molar-refractivity contribution in [2.75, 3.05) is 25.9 Å². The largest absolute Gasteiger partial charge is 0.441 e. The molecule has 0 aromatic heterocycles. The van der Waals surface area contributed by atoms with Gasteiger partial charge in [0.05, 0.1) is 0 Å². The average Bonchev–Trinajstić information content (AvgIpc) is 1.98. The fourth-order valence-corrected chi connectivity index (χ4v) is 2.79. The van der Waals surface area contributed by atoms with Crippen molar-refractivity contribution < 1.29 is 13.2 Å². The molecule has 0 saturated heterocycles. The van der Waals surface area contributed by atoms with E-state index in [0.29, 0.717) is 12.5 Å². The van der Waals surface area contributed by atoms with Crippen molar-refractivity contribution in [2.45, 2.75) is 23.7 Å². The summed E-state index contributed by atoms with van der Waals surface area (Å²) < 4.78 is 35.5. The molecule has 90 valence electrons. The lowest BCUT2D eigenvalue weighted by molar-refractivity contribution is -0.0328. The van der Waals surface area contributed by atoms with Gasteiger partial charge >= 0.3 is 5.51 Å². The summed E-state index contributed by atoms with van der Waals surface area (Å²) in [5.41, 5.74) is -4.10. The maximum atomic E-state index is 11.8. The van der Waals surface area contributed by atoms with E-state index in [-0.39, 0.29) is 22.9 Å². The second kappa shape index (κ2) is 5.64. The molecule has 0 amide bonds. The number of hydrogen-bond acceptors (Lipinski definition) is 2. The molecule has 0 N–H and O–H groups in total. The molecule has 0 radical (unpaired) electrons. The zero-order valence-electron chi connectivity index (χ0n) is 8.56. The minimum Gasteiger partial charge on any atom is -0.305 e. The predicted octanol–water partition coefficient (Wildman–Crippen LogP) is 3.19. The number of rotatable bonds is 5. The van der Waals surface area contributed by atoms with Crippen LogP contribution in [0.5, 0.6) is 0 Å². The maximum Gasteiger partial charge on any atom is 0.441 e. The van der Waals surface area contributed by atoms with E-state index in [9.17, 15) is 13.2 Å². The van der Waals surface area contributed by atoms with Crippen LogP contribution in [0.3, 0.4) is 0 Å². The van der Waals surface area contributed by atoms with E-state index in [1.165, 1.54) is 0 Å². The maximum absolute atomic E-state index is 11.8. The van der Waals surface area contributed by atoms with Crippen molar-refractivity contribution in [2.24, 2.45) is 5.92 Å². The molecule has 0 aliphatic heterocycles. The lowest BCUT2D eigenvalue weighted by Gasteiger charge is -2.34. The Hall–Kier alpha value is 0.390. The molecule has 15 heavy (non-hydrogen) atoms. The zero-order valence-corrected chi connectivity index (χ0v) is 10.1. The average molecular weight is 262 g/mol. The van der Waals surface area contributed by atoms with E-state index in [2.05, 4.69) is 0 Å². The van der Waals surface area contributed by atoms with Gasteiger partial charge in [-0.25, -0.2) is 0 Å². The third-order valence-electron chi connectivity index (χ3n) is 2.49. The number of nitrogens with zero attached hydrogens (tertiary/aromatic N) is 1. The molecule has 0 aromatic rings. The van der Waals surface area contributed by atoms with Crippen molar-refractivity contribution in [3.63, 3.8) is 0 Å². The fraction of sp³-hybridized carbons (Fsp3) is 1.00. The number of alkyl halides is 4. The first-order valence-corrected chi connectivity index (χ1v) is 6.32. The quantitative estimate of drug-likeness (QED) is 0.700. The highest BCUT2D eigenvalue weighted by atomic mass is 35.5. The van der Waals surface area contributed by atoms with Gasteiger partial charge in [-0.05, 0) is 37.6 Å². The minimum atomic E-state index is -4.10. The van der Waals surface area contributed by atoms with Crippen molar-refractivity contribution in [1.82, 2.24) is 4.90 Å². The second-order valence-electron chi connectivity index (χ2n) is 3.99. The van der Waals surface area contributed by atoms with Gasteiger partial charge in [0, 0.05) is 24.2 Å². The van der Waals surface area contributed by atoms with E-state index in [0.717, 1.165) is 19.4 Å². The van der Waals surface area contributed by atoms with Crippen LogP contribution in [-0.2, 0) is 0 Å². The van der Waals surface area contributed by atoms with Gasteiger partial charge in [-0.2, -0.15) is 13.2 Å². The van der Waals surface area contributed by atoms with Crippen LogP contribution >= 0.6 is 23.4 Å². The Kier molecular flexibility index (Phi) is 5.06. The highest BCUT2D eigenvalue weighted by Crippen LogP contribution is 2.33. The second-order valence-corrected chi connectivity index (χ2v) is 5.77. The van der Waals surface area contributed by atoms with Crippen LogP contribution in [0.1, 0.15) is 12.8 Å². The molecular formula is C9H15ClF3NS. The van der Waals surface area contributed by atoms with Gasteiger partial charge < -0.3 is 4.90 Å². The zero-order chi connectivity index (χ0) is 11.5. The van der Waals surface area contributed by atoms with Crippen LogP contribution in [0.15, 0.2) is 0 Å². The van der Waals surface area contributed by atoms with Crippen molar-refractivity contribution in [3.05, 3.63) is 0 Å². The predicted molar refractivity (Wildman–Crippen MR) is 58.4 cm³/mol. The van der Waals surface area contributed by atoms with Crippen LogP contribution in [0.4, 0.5) is 13.2 Å². The summed E-state index contributed by atoms with van der Waals surface area (Å²) in [5.74, 6) is 0.685. The first kappa shape index (κ1) is 13.5. The molecule has 1 aliphatic rings. The SMILES string of the molecule is CN(CCSC(F)(F)F)CC1CC(Cl)C1. The van der Waals surface area contributed by atoms with Crippen LogP contribution < -0.4 is 0 Å². The summed E-state index contributed by atoms with van der Waals surface area (Å²) in [6, 6.07) is 0. The molecule has 1 aliphatic carbocycles. The first-order chi connectivity index (χ1) is 6.87. The van der Waals surface area contributed by atoms with E-state index < -0.39 is 5.51 Å². The Morgan fingerprint density at radius 1 is 1.40 bits per heavy atom. The Labute approximate surface area is 97.3 Å². The molecule has 0 aromatic carbocycles. The molecule has 1 fully saturated rings. The molecule has 1 saturated carbocycles. The third-order valence-corrected chi connectivity index (χ3v) is 3.56. The standard InChI is InChI=1S/C9H15ClF3NS/c1-14(2-3-15-9(11,12)13)6-7-4-8(10)5-7/h7-8H,2-6H2,1H3. The topological polar surface area (TPSA) is 3.24 Å². The summed E-state index contributed by atoms with van der Waals surface area (Å²) in [5, 5.41) is 0.285. The smallest absolute Gasteiger partial charge is 0.305 e. The first-order valence-electron chi connectivity index (χ1n) is 4.90. The lowest BCUT2D eigenvalue weighted by Crippen LogP contribution is -2.35. The van der Waals surface area contributed by atoms with Gasteiger partial charge in [0.2, 0.25) is 0 Å². The molecule has 0 spiro atoms. The number of halogens is 4. The van der Waals surface area contributed by atoms with E-state index in [4.69, 9.17) is 11.6 Å². The van der Waals surface area contributed by atoms with E-state index in [1.807, 2.05) is 11.9 Å². The summed E-state index contributed by atoms with van der Waals surface area (Å²) in [6.45, 7) is 1.34. The van der Waals surface area contributed by atoms with Crippen molar-refractivity contribution >= 4 is 23.4 Å². The highest BCUT2D eigenvalue weighted by Gasteiger charge is 2.29. The fourth-order valence-electron chi connectivity index (χ4n) is 1.65. The van der Waals surface area contributed by atoms with Gasteiger partial charge in [0.25, 0.3) is 0 Å². The minimum absolute atomic E-state index is 0.0474. The van der Waals surface area contributed by atoms with Gasteiger partial charge in [0.15, 0.2) is 0 Å². The van der Waals surface area contributed by atoms with Gasteiger partial charge in [-0.1, -0.05) is 0 Å². The Morgan fingerprint density at radius 2 is 2.00 bits per heavy atom. The van der Waals surface area contributed by atoms with Crippen molar-refractivity contribution in [1.29, 1.82) is 0 Å². The number of thioether (sulfide) groups is 1. The van der Waals surface area contributed by atoms with Gasteiger partial charge in [0.1, 0.15) is 0 Å². The molecule has 0 heterocycles. The van der Waals surface area contributed by atoms with Crippen LogP contribution in [-0.4, -0.2) is 41.7 Å². The third kappa shape index (κ3) is 5.88. The van der Waals surface area contributed by atoms with E-state index in [1.54, 1.807) is 0 Å². The Balaban J connectivity index is 2.01. The van der Waals surface area contributed by atoms with Crippen LogP contribution in [0.25, 0.3) is 0 Å². The summed E-state index contributed by atoms with van der Waals surface area (Å²) in [4.78, 5) is 1.95. The Bertz CT molecular complexity index is 194. The molecule has 6 heteroatoms. The normalized spacial score (nSPS) is 26.8. The van der Waals surface area contributed by atoms with Gasteiger partial charge in [-0.15, -0.1) is 11.6 Å². The van der Waals surface area contributed by atoms with Crippen LogP contribution in [0.2, 0.25) is 0 Å². The monoisotopic (exact) mass is 261 g/mol. The van der Waals surface area contributed by atoms with E-state index >= 15 is 0 Å².